The number of alkyl halides is 2. The standard InChI is InChI=1S/C33H24F6N2O2/c1-2-3-14-42-26-18-40-32(41-19-26)21-4-9-24(10-5-21)33(38,39)43-25-11-6-20(7-12-25)22-8-13-27(28(34)15-22)23-16-29(35)31(37)30(36)17-23/h4-13,15-19H,2-3,14H2,1H3. The van der Waals surface area contributed by atoms with E-state index in [1.54, 1.807) is 0 Å². The molecule has 220 valence electrons. The molecule has 0 aliphatic carbocycles. The minimum atomic E-state index is -3.66. The van der Waals surface area contributed by atoms with Gasteiger partial charge in [0.25, 0.3) is 0 Å². The number of ether oxygens (including phenoxy) is 2. The van der Waals surface area contributed by atoms with E-state index in [-0.39, 0.29) is 22.4 Å². The summed E-state index contributed by atoms with van der Waals surface area (Å²) in [4.78, 5) is 8.47. The van der Waals surface area contributed by atoms with Crippen molar-refractivity contribution in [3.63, 3.8) is 0 Å². The van der Waals surface area contributed by atoms with Crippen molar-refractivity contribution in [1.82, 2.24) is 9.97 Å². The maximum absolute atomic E-state index is 14.9. The van der Waals surface area contributed by atoms with Gasteiger partial charge in [-0.05, 0) is 65.6 Å². The average Bonchev–Trinajstić information content (AvgIpc) is 3.00. The van der Waals surface area contributed by atoms with Crippen molar-refractivity contribution in [3.05, 3.63) is 120 Å². The van der Waals surface area contributed by atoms with Crippen LogP contribution in [0.15, 0.2) is 91.3 Å². The molecular weight excluding hydrogens is 570 g/mol. The van der Waals surface area contributed by atoms with E-state index in [9.17, 15) is 26.3 Å². The zero-order valence-corrected chi connectivity index (χ0v) is 22.8. The highest BCUT2D eigenvalue weighted by Crippen LogP contribution is 2.35. The van der Waals surface area contributed by atoms with Gasteiger partial charge in [0.2, 0.25) is 0 Å². The molecule has 5 rings (SSSR count). The summed E-state index contributed by atoms with van der Waals surface area (Å²) in [7, 11) is 0. The first kappa shape index (κ1) is 29.6. The number of hydrogen-bond acceptors (Lipinski definition) is 4. The Hall–Kier alpha value is -4.86. The van der Waals surface area contributed by atoms with Crippen molar-refractivity contribution in [3.8, 4) is 45.1 Å². The summed E-state index contributed by atoms with van der Waals surface area (Å²) < 4.78 is 95.7. The van der Waals surface area contributed by atoms with E-state index < -0.39 is 29.4 Å². The Morgan fingerprint density at radius 3 is 1.84 bits per heavy atom. The summed E-state index contributed by atoms with van der Waals surface area (Å²) in [5.41, 5.74) is 0.706. The number of rotatable bonds is 10. The SMILES string of the molecule is CCCCOc1cnc(-c2ccc(C(F)(F)Oc3ccc(-c4ccc(-c5cc(F)c(F)c(F)c5)c(F)c4)cc3)cc2)nc1. The molecule has 0 spiro atoms. The predicted octanol–water partition coefficient (Wildman–Crippen LogP) is 9.34. The van der Waals surface area contributed by atoms with Gasteiger partial charge in [0.15, 0.2) is 29.0 Å². The van der Waals surface area contributed by atoms with E-state index in [1.807, 2.05) is 0 Å². The number of nitrogens with zero attached hydrogens (tertiary/aromatic N) is 2. The lowest BCUT2D eigenvalue weighted by Gasteiger charge is -2.19. The third kappa shape index (κ3) is 6.80. The first-order chi connectivity index (χ1) is 20.6. The van der Waals surface area contributed by atoms with Crippen LogP contribution in [0.2, 0.25) is 0 Å². The normalized spacial score (nSPS) is 11.4. The van der Waals surface area contributed by atoms with E-state index in [2.05, 4.69) is 16.9 Å². The lowest BCUT2D eigenvalue weighted by Crippen LogP contribution is -2.21. The van der Waals surface area contributed by atoms with Crippen molar-refractivity contribution < 1.29 is 35.8 Å². The molecule has 1 aromatic heterocycles. The van der Waals surface area contributed by atoms with Gasteiger partial charge in [-0.3, -0.25) is 0 Å². The van der Waals surface area contributed by atoms with Gasteiger partial charge in [-0.2, -0.15) is 8.78 Å². The molecule has 0 unspecified atom stereocenters. The van der Waals surface area contributed by atoms with Crippen LogP contribution in [-0.2, 0) is 6.11 Å². The van der Waals surface area contributed by atoms with Crippen LogP contribution in [0.5, 0.6) is 11.5 Å². The number of halogens is 6. The van der Waals surface area contributed by atoms with Crippen molar-refractivity contribution in [2.75, 3.05) is 6.61 Å². The largest absolute Gasteiger partial charge is 0.490 e. The molecule has 0 fully saturated rings. The molecule has 0 saturated heterocycles. The van der Waals surface area contributed by atoms with Gasteiger partial charge in [0.1, 0.15) is 11.6 Å². The molecule has 0 amide bonds. The quantitative estimate of drug-likeness (QED) is 0.0918. The van der Waals surface area contributed by atoms with E-state index >= 15 is 0 Å². The van der Waals surface area contributed by atoms with Crippen LogP contribution in [0.3, 0.4) is 0 Å². The summed E-state index contributed by atoms with van der Waals surface area (Å²) in [6.07, 6.45) is 1.31. The molecule has 0 radical (unpaired) electrons. The molecule has 5 aromatic rings. The Morgan fingerprint density at radius 2 is 1.23 bits per heavy atom. The minimum Gasteiger partial charge on any atom is -0.490 e. The number of benzene rings is 4. The van der Waals surface area contributed by atoms with Gasteiger partial charge in [-0.25, -0.2) is 27.5 Å². The zero-order chi connectivity index (χ0) is 30.6. The lowest BCUT2D eigenvalue weighted by atomic mass is 9.99. The molecular formula is C33H24F6N2O2. The van der Waals surface area contributed by atoms with Crippen LogP contribution in [-0.4, -0.2) is 16.6 Å². The van der Waals surface area contributed by atoms with Gasteiger partial charge in [0, 0.05) is 11.1 Å². The molecule has 4 aromatic carbocycles. The molecule has 0 aliphatic heterocycles. The first-order valence-electron chi connectivity index (χ1n) is 13.3. The van der Waals surface area contributed by atoms with E-state index in [4.69, 9.17) is 9.47 Å². The summed E-state index contributed by atoms with van der Waals surface area (Å²) in [6.45, 7) is 2.61. The third-order valence-electron chi connectivity index (χ3n) is 6.57. The van der Waals surface area contributed by atoms with Crippen molar-refractivity contribution in [2.45, 2.75) is 25.9 Å². The van der Waals surface area contributed by atoms with E-state index in [0.29, 0.717) is 47.0 Å². The van der Waals surface area contributed by atoms with Crippen LogP contribution in [0, 0.1) is 23.3 Å². The minimum absolute atomic E-state index is 0.130. The summed E-state index contributed by atoms with van der Waals surface area (Å²) >= 11 is 0. The van der Waals surface area contributed by atoms with Gasteiger partial charge in [-0.1, -0.05) is 49.7 Å². The van der Waals surface area contributed by atoms with Crippen LogP contribution >= 0.6 is 0 Å². The topological polar surface area (TPSA) is 44.2 Å². The molecule has 0 atom stereocenters. The summed E-state index contributed by atoms with van der Waals surface area (Å²) in [5, 5.41) is 0. The highest BCUT2D eigenvalue weighted by molar-refractivity contribution is 5.71. The first-order valence-corrected chi connectivity index (χ1v) is 13.3. The van der Waals surface area contributed by atoms with Gasteiger partial charge in [0.05, 0.1) is 24.6 Å². The highest BCUT2D eigenvalue weighted by Gasteiger charge is 2.34. The van der Waals surface area contributed by atoms with Crippen molar-refractivity contribution in [2.24, 2.45) is 0 Å². The average molecular weight is 595 g/mol. The third-order valence-corrected chi connectivity index (χ3v) is 6.57. The Morgan fingerprint density at radius 1 is 0.651 bits per heavy atom. The maximum Gasteiger partial charge on any atom is 0.426 e. The number of hydrogen-bond donors (Lipinski definition) is 0. The second-order valence-corrected chi connectivity index (χ2v) is 9.61. The van der Waals surface area contributed by atoms with Crippen molar-refractivity contribution in [1.29, 1.82) is 0 Å². The zero-order valence-electron chi connectivity index (χ0n) is 22.8. The lowest BCUT2D eigenvalue weighted by molar-refractivity contribution is -0.185. The molecule has 0 aliphatic rings. The van der Waals surface area contributed by atoms with Gasteiger partial charge < -0.3 is 9.47 Å². The Balaban J connectivity index is 1.26. The van der Waals surface area contributed by atoms with E-state index in [1.165, 1.54) is 73.1 Å². The monoisotopic (exact) mass is 594 g/mol. The second-order valence-electron chi connectivity index (χ2n) is 9.61. The number of unbranched alkanes of at least 4 members (excludes halogenated alkanes) is 1. The molecule has 0 saturated carbocycles. The van der Waals surface area contributed by atoms with Gasteiger partial charge >= 0.3 is 6.11 Å². The van der Waals surface area contributed by atoms with E-state index in [0.717, 1.165) is 18.9 Å². The molecule has 0 N–H and O–H groups in total. The summed E-state index contributed by atoms with van der Waals surface area (Å²) in [5.74, 6) is -4.57. The maximum atomic E-state index is 14.9. The Bertz CT molecular complexity index is 1690. The fourth-order valence-electron chi connectivity index (χ4n) is 4.25. The predicted molar refractivity (Wildman–Crippen MR) is 150 cm³/mol. The van der Waals surface area contributed by atoms with Gasteiger partial charge in [-0.15, -0.1) is 0 Å². The van der Waals surface area contributed by atoms with Crippen LogP contribution < -0.4 is 9.47 Å². The highest BCUT2D eigenvalue weighted by atomic mass is 19.3. The van der Waals surface area contributed by atoms with Crippen LogP contribution in [0.1, 0.15) is 25.3 Å². The number of aromatic nitrogens is 2. The Kier molecular flexibility index (Phi) is 8.66. The molecule has 43 heavy (non-hydrogen) atoms. The molecule has 4 nitrogen and oxygen atoms in total. The van der Waals surface area contributed by atoms with Crippen molar-refractivity contribution >= 4 is 0 Å². The van der Waals surface area contributed by atoms with Crippen LogP contribution in [0.25, 0.3) is 33.6 Å². The summed E-state index contributed by atoms with van der Waals surface area (Å²) in [6, 6.07) is 16.2. The Labute approximate surface area is 243 Å². The van der Waals surface area contributed by atoms with Crippen LogP contribution in [0.4, 0.5) is 26.3 Å². The second kappa shape index (κ2) is 12.6. The molecule has 10 heteroatoms. The smallest absolute Gasteiger partial charge is 0.426 e. The molecule has 0 bridgehead atoms. The fraction of sp³-hybridized carbons (Fsp3) is 0.152. The fourth-order valence-corrected chi connectivity index (χ4v) is 4.25. The molecule has 1 heterocycles.